The van der Waals surface area contributed by atoms with Gasteiger partial charge in [-0.3, -0.25) is 9.59 Å². The normalized spacial score (nSPS) is 28.4. The van der Waals surface area contributed by atoms with Crippen LogP contribution >= 0.6 is 0 Å². The van der Waals surface area contributed by atoms with E-state index in [1.807, 2.05) is 36.4 Å². The average molecular weight is 286 g/mol. The van der Waals surface area contributed by atoms with Crippen LogP contribution in [0.5, 0.6) is 0 Å². The van der Waals surface area contributed by atoms with Crippen molar-refractivity contribution in [1.82, 2.24) is 0 Å². The first-order chi connectivity index (χ1) is 10.2. The van der Waals surface area contributed by atoms with E-state index in [9.17, 15) is 9.59 Å². The van der Waals surface area contributed by atoms with Gasteiger partial charge in [-0.25, -0.2) is 0 Å². The molecule has 21 heavy (non-hydrogen) atoms. The highest BCUT2D eigenvalue weighted by atomic mass is 16.5. The van der Waals surface area contributed by atoms with Crippen molar-refractivity contribution in [3.05, 3.63) is 48.0 Å². The van der Waals surface area contributed by atoms with E-state index in [1.54, 1.807) is 0 Å². The largest absolute Gasteiger partial charge is 0.468 e. The molecule has 0 spiro atoms. The minimum absolute atomic E-state index is 0.160. The molecule has 4 heteroatoms. The lowest BCUT2D eigenvalue weighted by Gasteiger charge is -2.36. The summed E-state index contributed by atoms with van der Waals surface area (Å²) >= 11 is 0. The molecular formula is C17H18O4. The minimum Gasteiger partial charge on any atom is -0.468 e. The van der Waals surface area contributed by atoms with Crippen molar-refractivity contribution < 1.29 is 19.1 Å². The summed E-state index contributed by atoms with van der Waals surface area (Å²) in [6.07, 6.45) is 4.84. The predicted octanol–water partition coefficient (Wildman–Crippen LogP) is 2.31. The molecule has 4 nitrogen and oxygen atoms in total. The highest BCUT2D eigenvalue weighted by Crippen LogP contribution is 2.61. The molecule has 0 aliphatic heterocycles. The minimum atomic E-state index is -1.26. The first-order valence-corrected chi connectivity index (χ1v) is 7.06. The number of benzene rings is 1. The Balaban J connectivity index is 2.18. The van der Waals surface area contributed by atoms with Gasteiger partial charge in [0.1, 0.15) is 0 Å². The van der Waals surface area contributed by atoms with Crippen molar-refractivity contribution in [3.63, 3.8) is 0 Å². The molecule has 0 aromatic heterocycles. The van der Waals surface area contributed by atoms with Crippen molar-refractivity contribution in [2.24, 2.45) is 17.3 Å². The molecule has 3 unspecified atom stereocenters. The topological polar surface area (TPSA) is 52.6 Å². The second-order valence-electron chi connectivity index (χ2n) is 5.63. The van der Waals surface area contributed by atoms with Crippen LogP contribution in [-0.2, 0) is 19.1 Å². The van der Waals surface area contributed by atoms with Crippen molar-refractivity contribution in [2.45, 2.75) is 12.3 Å². The van der Waals surface area contributed by atoms with Crippen molar-refractivity contribution in [3.8, 4) is 0 Å². The van der Waals surface area contributed by atoms with Crippen molar-refractivity contribution >= 4 is 11.9 Å². The van der Waals surface area contributed by atoms with Gasteiger partial charge in [0, 0.05) is 11.8 Å². The molecule has 1 fully saturated rings. The van der Waals surface area contributed by atoms with E-state index in [1.165, 1.54) is 14.2 Å². The highest BCUT2D eigenvalue weighted by molar-refractivity contribution is 6.03. The van der Waals surface area contributed by atoms with Gasteiger partial charge in [0.05, 0.1) is 14.2 Å². The van der Waals surface area contributed by atoms with Crippen LogP contribution < -0.4 is 0 Å². The number of allylic oxidation sites excluding steroid dienone is 2. The summed E-state index contributed by atoms with van der Waals surface area (Å²) in [4.78, 5) is 25.1. The van der Waals surface area contributed by atoms with Crippen LogP contribution in [-0.4, -0.2) is 26.2 Å². The summed E-state index contributed by atoms with van der Waals surface area (Å²) < 4.78 is 9.98. The number of rotatable bonds is 3. The number of carbonyl (C=O) groups excluding carboxylic acids is 2. The molecule has 2 bridgehead atoms. The van der Waals surface area contributed by atoms with Crippen LogP contribution in [0.1, 0.15) is 17.9 Å². The van der Waals surface area contributed by atoms with E-state index in [2.05, 4.69) is 6.08 Å². The van der Waals surface area contributed by atoms with Crippen LogP contribution in [0.3, 0.4) is 0 Å². The summed E-state index contributed by atoms with van der Waals surface area (Å²) in [6, 6.07) is 9.68. The molecule has 0 amide bonds. The smallest absolute Gasteiger partial charge is 0.324 e. The molecule has 110 valence electrons. The molecule has 1 aromatic rings. The van der Waals surface area contributed by atoms with E-state index in [0.29, 0.717) is 0 Å². The summed E-state index contributed by atoms with van der Waals surface area (Å²) in [7, 11) is 2.65. The van der Waals surface area contributed by atoms with Crippen LogP contribution in [0.4, 0.5) is 0 Å². The number of ether oxygens (including phenoxy) is 2. The Labute approximate surface area is 123 Å². The number of esters is 2. The first kappa shape index (κ1) is 13.9. The van der Waals surface area contributed by atoms with Gasteiger partial charge in [-0.2, -0.15) is 0 Å². The third kappa shape index (κ3) is 1.75. The molecule has 3 rings (SSSR count). The van der Waals surface area contributed by atoms with E-state index in [-0.39, 0.29) is 17.8 Å². The molecule has 2 aliphatic rings. The Bertz CT molecular complexity index is 574. The quantitative estimate of drug-likeness (QED) is 0.486. The van der Waals surface area contributed by atoms with Gasteiger partial charge in [-0.15, -0.1) is 0 Å². The maximum atomic E-state index is 12.6. The SMILES string of the molecule is COC(=O)C1(C(=O)OC)C2C=CC(C2)C1c1ccccc1. The zero-order valence-corrected chi connectivity index (χ0v) is 12.1. The summed E-state index contributed by atoms with van der Waals surface area (Å²) in [5.74, 6) is -1.23. The number of methoxy groups -OCH3 is 2. The third-order valence-corrected chi connectivity index (χ3v) is 4.83. The Kier molecular flexibility index (Phi) is 3.32. The number of hydrogen-bond acceptors (Lipinski definition) is 4. The van der Waals surface area contributed by atoms with Crippen LogP contribution in [0, 0.1) is 17.3 Å². The Morgan fingerprint density at radius 2 is 1.67 bits per heavy atom. The van der Waals surface area contributed by atoms with Crippen molar-refractivity contribution in [2.75, 3.05) is 14.2 Å². The highest BCUT2D eigenvalue weighted by Gasteiger charge is 2.67. The van der Waals surface area contributed by atoms with Gasteiger partial charge in [-0.05, 0) is 17.9 Å². The number of hydrogen-bond donors (Lipinski definition) is 0. The third-order valence-electron chi connectivity index (χ3n) is 4.83. The fourth-order valence-electron chi connectivity index (χ4n) is 4.03. The van der Waals surface area contributed by atoms with Gasteiger partial charge in [0.25, 0.3) is 0 Å². The second kappa shape index (κ2) is 5.02. The second-order valence-corrected chi connectivity index (χ2v) is 5.63. The monoisotopic (exact) mass is 286 g/mol. The molecular weight excluding hydrogens is 268 g/mol. The molecule has 1 saturated carbocycles. The summed E-state index contributed by atoms with van der Waals surface area (Å²) in [6.45, 7) is 0. The van der Waals surface area contributed by atoms with Gasteiger partial charge in [0.15, 0.2) is 5.41 Å². The standard InChI is InChI=1S/C17H18O4/c1-20-15(18)17(16(19)21-2)13-9-8-12(10-13)14(17)11-6-4-3-5-7-11/h3-9,12-14H,10H2,1-2H3. The zero-order chi connectivity index (χ0) is 15.0. The van der Waals surface area contributed by atoms with Crippen LogP contribution in [0.25, 0.3) is 0 Å². The lowest BCUT2D eigenvalue weighted by atomic mass is 9.65. The Hall–Kier alpha value is -2.10. The fraction of sp³-hybridized carbons (Fsp3) is 0.412. The van der Waals surface area contributed by atoms with Gasteiger partial charge in [0.2, 0.25) is 0 Å². The predicted molar refractivity (Wildman–Crippen MR) is 76.4 cm³/mol. The van der Waals surface area contributed by atoms with Gasteiger partial charge >= 0.3 is 11.9 Å². The summed E-state index contributed by atoms with van der Waals surface area (Å²) in [5.41, 5.74) is -0.283. The molecule has 0 radical (unpaired) electrons. The van der Waals surface area contributed by atoms with Gasteiger partial charge < -0.3 is 9.47 Å². The molecule has 2 aliphatic carbocycles. The van der Waals surface area contributed by atoms with E-state index < -0.39 is 17.4 Å². The number of carbonyl (C=O) groups is 2. The van der Waals surface area contributed by atoms with Crippen LogP contribution in [0.15, 0.2) is 42.5 Å². The first-order valence-electron chi connectivity index (χ1n) is 7.06. The molecule has 0 N–H and O–H groups in total. The zero-order valence-electron chi connectivity index (χ0n) is 12.1. The fourth-order valence-corrected chi connectivity index (χ4v) is 4.03. The molecule has 1 aromatic carbocycles. The average Bonchev–Trinajstić information content (AvgIpc) is 3.13. The molecule has 0 heterocycles. The molecule has 0 saturated heterocycles. The number of fused-ring (bicyclic) bond motifs is 2. The Morgan fingerprint density at radius 3 is 2.24 bits per heavy atom. The maximum absolute atomic E-state index is 12.6. The van der Waals surface area contributed by atoms with Crippen molar-refractivity contribution in [1.29, 1.82) is 0 Å². The van der Waals surface area contributed by atoms with Crippen LogP contribution in [0.2, 0.25) is 0 Å². The lowest BCUT2D eigenvalue weighted by molar-refractivity contribution is -0.172. The maximum Gasteiger partial charge on any atom is 0.324 e. The van der Waals surface area contributed by atoms with E-state index in [0.717, 1.165) is 12.0 Å². The Morgan fingerprint density at radius 1 is 1.05 bits per heavy atom. The van der Waals surface area contributed by atoms with Gasteiger partial charge in [-0.1, -0.05) is 42.5 Å². The van der Waals surface area contributed by atoms with E-state index >= 15 is 0 Å². The van der Waals surface area contributed by atoms with E-state index in [4.69, 9.17) is 9.47 Å². The molecule has 3 atom stereocenters. The lowest BCUT2D eigenvalue weighted by Crippen LogP contribution is -2.49. The summed E-state index contributed by atoms with van der Waals surface area (Å²) in [5, 5.41) is 0.